The number of nitrogens with one attached hydrogen (secondary N) is 1. The van der Waals surface area contributed by atoms with E-state index < -0.39 is 17.8 Å². The molecule has 10 heteroatoms. The van der Waals surface area contributed by atoms with E-state index in [1.54, 1.807) is 35.4 Å². The smallest absolute Gasteiger partial charge is 0.417 e. The number of ether oxygens (including phenoxy) is 2. The molecule has 0 radical (unpaired) electrons. The summed E-state index contributed by atoms with van der Waals surface area (Å²) in [7, 11) is 0. The molecule has 1 saturated heterocycles. The highest BCUT2D eigenvalue weighted by Crippen LogP contribution is 2.30. The van der Waals surface area contributed by atoms with E-state index in [0.717, 1.165) is 30.7 Å². The predicted octanol–water partition coefficient (Wildman–Crippen LogP) is 4.69. The van der Waals surface area contributed by atoms with Gasteiger partial charge in [0.25, 0.3) is 0 Å². The standard InChI is InChI=1S/C24H23F3N4O3/c25-24(26,27)17-4-11-22(30-15-17)33-20-7-9-21(10-8-20)34-23(32)31-14-13-28-16-19(31)6-5-18-3-1-2-12-29-18/h1-4,7-12,15,19,28H,5-6,13-14,16H2. The van der Waals surface area contributed by atoms with Gasteiger partial charge in [0.2, 0.25) is 5.88 Å². The molecule has 178 valence electrons. The van der Waals surface area contributed by atoms with E-state index >= 15 is 0 Å². The van der Waals surface area contributed by atoms with Crippen molar-refractivity contribution >= 4 is 6.09 Å². The first kappa shape index (κ1) is 23.5. The molecule has 0 saturated carbocycles. The second-order valence-electron chi connectivity index (χ2n) is 7.74. The first-order chi connectivity index (χ1) is 16.4. The number of aryl methyl sites for hydroxylation is 1. The van der Waals surface area contributed by atoms with Crippen LogP contribution in [0.25, 0.3) is 0 Å². The molecular formula is C24H23F3N4O3. The number of rotatable bonds is 6. The van der Waals surface area contributed by atoms with Crippen molar-refractivity contribution in [2.24, 2.45) is 0 Å². The first-order valence-corrected chi connectivity index (χ1v) is 10.8. The second kappa shape index (κ2) is 10.5. The van der Waals surface area contributed by atoms with E-state index in [9.17, 15) is 18.0 Å². The minimum Gasteiger partial charge on any atom is -0.439 e. The third-order valence-electron chi connectivity index (χ3n) is 5.36. The summed E-state index contributed by atoms with van der Waals surface area (Å²) in [5.41, 5.74) is 0.118. The van der Waals surface area contributed by atoms with Gasteiger partial charge in [0.1, 0.15) is 11.5 Å². The van der Waals surface area contributed by atoms with Gasteiger partial charge in [-0.05, 0) is 55.3 Å². The van der Waals surface area contributed by atoms with Crippen molar-refractivity contribution < 1.29 is 27.4 Å². The van der Waals surface area contributed by atoms with E-state index in [1.165, 1.54) is 0 Å². The number of carbonyl (C=O) groups is 1. The Bertz CT molecular complexity index is 1080. The number of pyridine rings is 2. The van der Waals surface area contributed by atoms with E-state index in [0.29, 0.717) is 37.3 Å². The Morgan fingerprint density at radius 1 is 1.06 bits per heavy atom. The molecule has 1 unspecified atom stereocenters. The van der Waals surface area contributed by atoms with Crippen LogP contribution >= 0.6 is 0 Å². The third-order valence-corrected chi connectivity index (χ3v) is 5.36. The number of alkyl halides is 3. The number of benzene rings is 1. The Morgan fingerprint density at radius 2 is 1.85 bits per heavy atom. The van der Waals surface area contributed by atoms with Gasteiger partial charge < -0.3 is 19.7 Å². The van der Waals surface area contributed by atoms with Gasteiger partial charge in [0.05, 0.1) is 5.56 Å². The SMILES string of the molecule is O=C(Oc1ccc(Oc2ccc(C(F)(F)F)cn2)cc1)N1CCNCC1CCc1ccccn1. The number of nitrogens with zero attached hydrogens (tertiary/aromatic N) is 3. The molecule has 1 aromatic carbocycles. The fraction of sp³-hybridized carbons (Fsp3) is 0.292. The lowest BCUT2D eigenvalue weighted by Gasteiger charge is -2.35. The van der Waals surface area contributed by atoms with Crippen LogP contribution in [0, 0.1) is 0 Å². The van der Waals surface area contributed by atoms with Crippen molar-refractivity contribution in [2.75, 3.05) is 19.6 Å². The van der Waals surface area contributed by atoms with Crippen LogP contribution in [0.5, 0.6) is 17.4 Å². The molecule has 1 aliphatic rings. The van der Waals surface area contributed by atoms with Gasteiger partial charge >= 0.3 is 12.3 Å². The fourth-order valence-corrected chi connectivity index (χ4v) is 3.58. The van der Waals surface area contributed by atoms with Crippen LogP contribution in [0.4, 0.5) is 18.0 Å². The van der Waals surface area contributed by atoms with E-state index in [1.807, 2.05) is 18.2 Å². The zero-order valence-electron chi connectivity index (χ0n) is 18.2. The zero-order chi connectivity index (χ0) is 24.0. The van der Waals surface area contributed by atoms with Crippen molar-refractivity contribution in [2.45, 2.75) is 25.1 Å². The summed E-state index contributed by atoms with van der Waals surface area (Å²) >= 11 is 0. The molecule has 1 amide bonds. The Labute approximate surface area is 194 Å². The number of piperazine rings is 1. The summed E-state index contributed by atoms with van der Waals surface area (Å²) in [5.74, 6) is 0.705. The Kier molecular flexibility index (Phi) is 7.27. The third kappa shape index (κ3) is 6.22. The Morgan fingerprint density at radius 3 is 2.53 bits per heavy atom. The van der Waals surface area contributed by atoms with E-state index in [-0.39, 0.29) is 11.9 Å². The lowest BCUT2D eigenvalue weighted by molar-refractivity contribution is -0.137. The predicted molar refractivity (Wildman–Crippen MR) is 118 cm³/mol. The lowest BCUT2D eigenvalue weighted by Crippen LogP contribution is -2.54. The normalized spacial score (nSPS) is 16.2. The second-order valence-corrected chi connectivity index (χ2v) is 7.74. The monoisotopic (exact) mass is 472 g/mol. The number of aromatic nitrogens is 2. The molecule has 1 aliphatic heterocycles. The number of hydrogen-bond acceptors (Lipinski definition) is 6. The highest BCUT2D eigenvalue weighted by Gasteiger charge is 2.31. The number of amides is 1. The molecule has 7 nitrogen and oxygen atoms in total. The van der Waals surface area contributed by atoms with Gasteiger partial charge in [-0.25, -0.2) is 9.78 Å². The Hall–Kier alpha value is -3.66. The topological polar surface area (TPSA) is 76.6 Å². The van der Waals surface area contributed by atoms with Crippen molar-refractivity contribution in [3.8, 4) is 17.4 Å². The summed E-state index contributed by atoms with van der Waals surface area (Å²) in [5, 5.41) is 3.31. The summed E-state index contributed by atoms with van der Waals surface area (Å²) in [4.78, 5) is 22.5. The summed E-state index contributed by atoms with van der Waals surface area (Å²) in [6.07, 6.45) is -0.929. The first-order valence-electron chi connectivity index (χ1n) is 10.8. The molecule has 1 atom stereocenters. The maximum Gasteiger partial charge on any atom is 0.417 e. The van der Waals surface area contributed by atoms with Gasteiger partial charge in [0.15, 0.2) is 0 Å². The van der Waals surface area contributed by atoms with E-state index in [2.05, 4.69) is 15.3 Å². The van der Waals surface area contributed by atoms with Crippen molar-refractivity contribution in [1.82, 2.24) is 20.2 Å². The van der Waals surface area contributed by atoms with Crippen molar-refractivity contribution in [3.63, 3.8) is 0 Å². The molecule has 2 aromatic heterocycles. The van der Waals surface area contributed by atoms with Gasteiger partial charge in [-0.2, -0.15) is 13.2 Å². The highest BCUT2D eigenvalue weighted by molar-refractivity contribution is 5.71. The molecular weight excluding hydrogens is 449 g/mol. The molecule has 3 heterocycles. The Balaban J connectivity index is 1.33. The fourth-order valence-electron chi connectivity index (χ4n) is 3.58. The van der Waals surface area contributed by atoms with Crippen LogP contribution in [0.1, 0.15) is 17.7 Å². The van der Waals surface area contributed by atoms with Crippen molar-refractivity contribution in [1.29, 1.82) is 0 Å². The number of halogens is 3. The summed E-state index contributed by atoms with van der Waals surface area (Å²) in [6, 6.07) is 14.0. The molecule has 0 aliphatic carbocycles. The average molecular weight is 472 g/mol. The molecule has 34 heavy (non-hydrogen) atoms. The molecule has 3 aromatic rings. The summed E-state index contributed by atoms with van der Waals surface area (Å²) in [6.45, 7) is 1.89. The molecule has 0 bridgehead atoms. The van der Waals surface area contributed by atoms with Crippen LogP contribution < -0.4 is 14.8 Å². The van der Waals surface area contributed by atoms with Crippen LogP contribution in [0.15, 0.2) is 67.0 Å². The largest absolute Gasteiger partial charge is 0.439 e. The molecule has 0 spiro atoms. The minimum absolute atomic E-state index is 0.0170. The van der Waals surface area contributed by atoms with Crippen LogP contribution in [-0.4, -0.2) is 46.6 Å². The van der Waals surface area contributed by atoms with Crippen LogP contribution in [0.3, 0.4) is 0 Å². The average Bonchev–Trinajstić information content (AvgIpc) is 2.84. The minimum atomic E-state index is -4.46. The maximum absolute atomic E-state index is 12.8. The maximum atomic E-state index is 12.8. The van der Waals surface area contributed by atoms with E-state index in [4.69, 9.17) is 9.47 Å². The zero-order valence-corrected chi connectivity index (χ0v) is 18.2. The highest BCUT2D eigenvalue weighted by atomic mass is 19.4. The molecule has 1 N–H and O–H groups in total. The van der Waals surface area contributed by atoms with Crippen molar-refractivity contribution in [3.05, 3.63) is 78.2 Å². The molecule has 4 rings (SSSR count). The van der Waals surface area contributed by atoms with Gasteiger partial charge in [0, 0.05) is 49.8 Å². The number of hydrogen-bond donors (Lipinski definition) is 1. The molecule has 1 fully saturated rings. The van der Waals surface area contributed by atoms with Crippen LogP contribution in [0.2, 0.25) is 0 Å². The van der Waals surface area contributed by atoms with Crippen LogP contribution in [-0.2, 0) is 12.6 Å². The van der Waals surface area contributed by atoms with Gasteiger partial charge in [-0.1, -0.05) is 6.07 Å². The lowest BCUT2D eigenvalue weighted by atomic mass is 10.1. The van der Waals surface area contributed by atoms with Gasteiger partial charge in [-0.3, -0.25) is 4.98 Å². The number of carbonyl (C=O) groups excluding carboxylic acids is 1. The quantitative estimate of drug-likeness (QED) is 0.561. The van der Waals surface area contributed by atoms with Gasteiger partial charge in [-0.15, -0.1) is 0 Å². The summed E-state index contributed by atoms with van der Waals surface area (Å²) < 4.78 is 48.9.